The Hall–Kier alpha value is -2.61. The number of hydrogen-bond acceptors (Lipinski definition) is 6. The lowest BCUT2D eigenvalue weighted by atomic mass is 10.1. The average molecular weight is 329 g/mol. The molecule has 8 nitrogen and oxygen atoms in total. The monoisotopic (exact) mass is 329 g/mol. The van der Waals surface area contributed by atoms with Crippen molar-refractivity contribution in [1.29, 1.82) is 0 Å². The van der Waals surface area contributed by atoms with E-state index < -0.39 is 5.91 Å². The van der Waals surface area contributed by atoms with Crippen molar-refractivity contribution in [3.05, 3.63) is 23.9 Å². The van der Waals surface area contributed by atoms with Crippen LogP contribution < -0.4 is 15.4 Å². The Labute approximate surface area is 139 Å². The van der Waals surface area contributed by atoms with Crippen molar-refractivity contribution in [2.75, 3.05) is 37.8 Å². The van der Waals surface area contributed by atoms with Gasteiger partial charge >= 0.3 is 0 Å². The second kappa shape index (κ2) is 6.12. The number of rotatable bonds is 3. The van der Waals surface area contributed by atoms with Crippen LogP contribution >= 0.6 is 0 Å². The maximum atomic E-state index is 11.9. The summed E-state index contributed by atoms with van der Waals surface area (Å²) in [5.41, 5.74) is 7.17. The second-order valence-electron chi connectivity index (χ2n) is 5.82. The van der Waals surface area contributed by atoms with E-state index in [4.69, 9.17) is 15.2 Å². The number of nitrogens with two attached hydrogens (primary N) is 1. The fourth-order valence-corrected chi connectivity index (χ4v) is 3.06. The van der Waals surface area contributed by atoms with Gasteiger partial charge in [-0.3, -0.25) is 4.79 Å². The van der Waals surface area contributed by atoms with E-state index in [1.807, 2.05) is 12.1 Å². The fraction of sp³-hybridized carbons (Fsp3) is 0.438. The maximum absolute atomic E-state index is 11.9. The highest BCUT2D eigenvalue weighted by Gasteiger charge is 2.26. The number of pyridine rings is 1. The summed E-state index contributed by atoms with van der Waals surface area (Å²) in [5, 5.41) is 4.50. The van der Waals surface area contributed by atoms with E-state index in [2.05, 4.69) is 15.0 Å². The van der Waals surface area contributed by atoms with Gasteiger partial charge in [0.1, 0.15) is 17.1 Å². The zero-order valence-corrected chi connectivity index (χ0v) is 13.3. The minimum atomic E-state index is -0.537. The number of carbonyl (C=O) groups is 1. The molecule has 2 aromatic rings. The summed E-state index contributed by atoms with van der Waals surface area (Å²) in [7, 11) is 0. The van der Waals surface area contributed by atoms with Gasteiger partial charge in [0.05, 0.1) is 19.8 Å². The summed E-state index contributed by atoms with van der Waals surface area (Å²) < 4.78 is 12.7. The zero-order valence-electron chi connectivity index (χ0n) is 13.3. The molecule has 0 unspecified atom stereocenters. The van der Waals surface area contributed by atoms with Gasteiger partial charge < -0.3 is 20.1 Å². The first-order chi connectivity index (χ1) is 11.7. The molecule has 0 spiro atoms. The van der Waals surface area contributed by atoms with Gasteiger partial charge in [0.2, 0.25) is 5.88 Å². The van der Waals surface area contributed by atoms with Crippen molar-refractivity contribution < 1.29 is 14.3 Å². The van der Waals surface area contributed by atoms with Crippen molar-refractivity contribution in [1.82, 2.24) is 14.8 Å². The molecule has 0 aromatic carbocycles. The highest BCUT2D eigenvalue weighted by Crippen LogP contribution is 2.32. The number of anilines is 1. The van der Waals surface area contributed by atoms with Crippen LogP contribution in [0.4, 0.5) is 5.82 Å². The number of ether oxygens (including phenoxy) is 2. The summed E-state index contributed by atoms with van der Waals surface area (Å²) in [4.78, 5) is 18.6. The van der Waals surface area contributed by atoms with Crippen LogP contribution in [-0.4, -0.2) is 53.6 Å². The summed E-state index contributed by atoms with van der Waals surface area (Å²) in [5.74, 6) is 0.814. The molecular weight excluding hydrogens is 310 g/mol. The molecule has 2 N–H and O–H groups in total. The third kappa shape index (κ3) is 2.58. The molecule has 2 aliphatic heterocycles. The Kier molecular flexibility index (Phi) is 3.81. The van der Waals surface area contributed by atoms with Gasteiger partial charge in [-0.15, -0.1) is 0 Å². The van der Waals surface area contributed by atoms with Crippen molar-refractivity contribution in [2.24, 2.45) is 5.73 Å². The number of aryl methyl sites for hydroxylation is 1. The lowest BCUT2D eigenvalue weighted by Gasteiger charge is -2.27. The predicted octanol–water partition coefficient (Wildman–Crippen LogP) is 0.663. The highest BCUT2D eigenvalue weighted by molar-refractivity contribution is 6.01. The molecule has 8 heteroatoms. The first kappa shape index (κ1) is 14.9. The molecule has 1 amide bonds. The van der Waals surface area contributed by atoms with Gasteiger partial charge in [0.25, 0.3) is 5.91 Å². The number of hydrogen-bond donors (Lipinski definition) is 1. The third-order valence-corrected chi connectivity index (χ3v) is 4.26. The van der Waals surface area contributed by atoms with Gasteiger partial charge in [-0.05, 0) is 12.1 Å². The van der Waals surface area contributed by atoms with E-state index in [0.29, 0.717) is 37.0 Å². The van der Waals surface area contributed by atoms with E-state index >= 15 is 0 Å². The third-order valence-electron chi connectivity index (χ3n) is 4.26. The van der Waals surface area contributed by atoms with Gasteiger partial charge in [-0.25, -0.2) is 9.67 Å². The predicted molar refractivity (Wildman–Crippen MR) is 87.1 cm³/mol. The molecule has 1 saturated heterocycles. The van der Waals surface area contributed by atoms with Crippen LogP contribution in [0.2, 0.25) is 0 Å². The minimum absolute atomic E-state index is 0.329. The maximum Gasteiger partial charge on any atom is 0.256 e. The smallest absolute Gasteiger partial charge is 0.256 e. The van der Waals surface area contributed by atoms with Crippen LogP contribution in [0, 0.1) is 0 Å². The Balaban J connectivity index is 1.68. The number of carbonyl (C=O) groups excluding carboxylic acids is 1. The largest absolute Gasteiger partial charge is 0.477 e. The van der Waals surface area contributed by atoms with Gasteiger partial charge in [0, 0.05) is 37.8 Å². The van der Waals surface area contributed by atoms with Crippen LogP contribution in [0.5, 0.6) is 5.88 Å². The molecule has 4 rings (SSSR count). The van der Waals surface area contributed by atoms with Gasteiger partial charge in [0.15, 0.2) is 0 Å². The summed E-state index contributed by atoms with van der Waals surface area (Å²) in [6, 6.07) is 3.85. The zero-order chi connectivity index (χ0) is 16.5. The van der Waals surface area contributed by atoms with Crippen molar-refractivity contribution in [3.63, 3.8) is 0 Å². The number of aromatic nitrogens is 3. The van der Waals surface area contributed by atoms with Crippen LogP contribution in [0.1, 0.15) is 16.8 Å². The summed E-state index contributed by atoms with van der Waals surface area (Å²) >= 11 is 0. The fourth-order valence-electron chi connectivity index (χ4n) is 3.06. The summed E-state index contributed by atoms with van der Waals surface area (Å²) in [6.07, 6.45) is 2.59. The minimum Gasteiger partial charge on any atom is -0.477 e. The van der Waals surface area contributed by atoms with Crippen molar-refractivity contribution in [3.8, 4) is 17.1 Å². The molecule has 2 aromatic heterocycles. The molecule has 1 fully saturated rings. The first-order valence-corrected chi connectivity index (χ1v) is 8.06. The van der Waals surface area contributed by atoms with E-state index in [-0.39, 0.29) is 0 Å². The number of primary amides is 1. The lowest BCUT2D eigenvalue weighted by molar-refractivity contribution is 0.0994. The molecule has 24 heavy (non-hydrogen) atoms. The quantitative estimate of drug-likeness (QED) is 0.889. The van der Waals surface area contributed by atoms with Crippen molar-refractivity contribution in [2.45, 2.75) is 13.0 Å². The van der Waals surface area contributed by atoms with E-state index in [0.717, 1.165) is 37.4 Å². The van der Waals surface area contributed by atoms with Crippen LogP contribution in [-0.2, 0) is 11.3 Å². The topological polar surface area (TPSA) is 95.5 Å². The molecule has 0 aliphatic carbocycles. The molecule has 2 aliphatic rings. The van der Waals surface area contributed by atoms with Crippen molar-refractivity contribution >= 4 is 11.7 Å². The molecule has 0 saturated carbocycles. The van der Waals surface area contributed by atoms with Crippen LogP contribution in [0.15, 0.2) is 18.3 Å². The second-order valence-corrected chi connectivity index (χ2v) is 5.82. The van der Waals surface area contributed by atoms with E-state index in [1.54, 1.807) is 10.9 Å². The highest BCUT2D eigenvalue weighted by atomic mass is 16.5. The first-order valence-electron chi connectivity index (χ1n) is 8.06. The van der Waals surface area contributed by atoms with E-state index in [9.17, 15) is 4.79 Å². The Morgan fingerprint density at radius 3 is 2.71 bits per heavy atom. The number of amides is 1. The number of nitrogens with zero attached hydrogens (tertiary/aromatic N) is 4. The number of fused-ring (bicyclic) bond motifs is 1. The SMILES string of the molecule is NC(=O)c1c(-c2ccc(N3CCOCC3)nc2)nn2c1OCCC2. The molecule has 0 atom stereocenters. The standard InChI is InChI=1S/C16H19N5O3/c17-15(22)13-14(19-21-4-1-7-24-16(13)21)11-2-3-12(18-10-11)20-5-8-23-9-6-20/h2-3,10H,1,4-9H2,(H2,17,22). The van der Waals surface area contributed by atoms with E-state index in [1.165, 1.54) is 0 Å². The lowest BCUT2D eigenvalue weighted by Crippen LogP contribution is -2.36. The molecule has 0 bridgehead atoms. The Bertz CT molecular complexity index is 750. The molecule has 4 heterocycles. The molecular formula is C16H19N5O3. The average Bonchev–Trinajstić information content (AvgIpc) is 3.02. The summed E-state index contributed by atoms with van der Waals surface area (Å²) in [6.45, 7) is 4.35. The Morgan fingerprint density at radius 2 is 2.00 bits per heavy atom. The molecule has 0 radical (unpaired) electrons. The van der Waals surface area contributed by atoms with Crippen LogP contribution in [0.25, 0.3) is 11.3 Å². The van der Waals surface area contributed by atoms with Gasteiger partial charge in [-0.2, -0.15) is 5.10 Å². The molecule has 126 valence electrons. The Morgan fingerprint density at radius 1 is 1.17 bits per heavy atom. The van der Waals surface area contributed by atoms with Crippen LogP contribution in [0.3, 0.4) is 0 Å². The normalized spacial score (nSPS) is 17.2. The number of morpholine rings is 1. The van der Waals surface area contributed by atoms with Gasteiger partial charge in [-0.1, -0.05) is 0 Å².